The molecule has 7 heteroatoms. The number of carbonyl (C=O) groups excluding carboxylic acids is 1. The van der Waals surface area contributed by atoms with E-state index in [0.717, 1.165) is 18.4 Å². The number of guanidine groups is 1. The lowest BCUT2D eigenvalue weighted by Crippen LogP contribution is -2.44. The summed E-state index contributed by atoms with van der Waals surface area (Å²) in [6.07, 6.45) is 10.5. The van der Waals surface area contributed by atoms with Crippen LogP contribution in [0.1, 0.15) is 70.9 Å². The van der Waals surface area contributed by atoms with Gasteiger partial charge in [-0.05, 0) is 33.6 Å². The van der Waals surface area contributed by atoms with Crippen LogP contribution < -0.4 is 11.1 Å². The Labute approximate surface area is 162 Å². The number of hydrogen-bond acceptors (Lipinski definition) is 3. The molecule has 1 saturated heterocycles. The van der Waals surface area contributed by atoms with E-state index in [1.807, 2.05) is 24.3 Å². The number of nitrogens with zero attached hydrogens (tertiary/aromatic N) is 4. The molecule has 1 aromatic rings. The zero-order chi connectivity index (χ0) is 19.6. The average Bonchev–Trinajstić information content (AvgIpc) is 3.16. The van der Waals surface area contributed by atoms with Gasteiger partial charge in [-0.3, -0.25) is 14.5 Å². The van der Waals surface area contributed by atoms with Crippen molar-refractivity contribution < 1.29 is 4.79 Å². The number of hydrogen-bond donors (Lipinski definition) is 2. The molecule has 0 bridgehead atoms. The van der Waals surface area contributed by atoms with Crippen LogP contribution in [0.3, 0.4) is 0 Å². The molecule has 1 aliphatic heterocycles. The van der Waals surface area contributed by atoms with Crippen molar-refractivity contribution in [1.82, 2.24) is 20.0 Å². The highest BCUT2D eigenvalue weighted by Crippen LogP contribution is 2.42. The highest BCUT2D eigenvalue weighted by molar-refractivity contribution is 5.81. The SMILES string of the molecule is Cn1cc([C@H]2[C@H](CN=C(N)NC3CCCCC3)CC(=O)N2C(C)(C)C)cn1. The lowest BCUT2D eigenvalue weighted by molar-refractivity contribution is -0.133. The van der Waals surface area contributed by atoms with Crippen molar-refractivity contribution in [2.24, 2.45) is 23.7 Å². The molecular formula is C20H34N6O. The first-order valence-corrected chi connectivity index (χ1v) is 10.1. The summed E-state index contributed by atoms with van der Waals surface area (Å²) in [6, 6.07) is 0.422. The maximum atomic E-state index is 12.8. The van der Waals surface area contributed by atoms with Gasteiger partial charge in [0, 0.05) is 49.3 Å². The van der Waals surface area contributed by atoms with Crippen LogP contribution in [0.5, 0.6) is 0 Å². The number of aryl methyl sites for hydroxylation is 1. The quantitative estimate of drug-likeness (QED) is 0.625. The van der Waals surface area contributed by atoms with Crippen molar-refractivity contribution in [3.8, 4) is 0 Å². The molecule has 0 aromatic carbocycles. The van der Waals surface area contributed by atoms with Crippen LogP contribution in [0.4, 0.5) is 0 Å². The molecule has 1 aromatic heterocycles. The predicted octanol–water partition coefficient (Wildman–Crippen LogP) is 2.35. The summed E-state index contributed by atoms with van der Waals surface area (Å²) in [5.41, 5.74) is 6.97. The first-order valence-electron chi connectivity index (χ1n) is 10.1. The molecule has 150 valence electrons. The fourth-order valence-electron chi connectivity index (χ4n) is 4.49. The van der Waals surface area contributed by atoms with Crippen LogP contribution in [0.25, 0.3) is 0 Å². The minimum Gasteiger partial charge on any atom is -0.370 e. The van der Waals surface area contributed by atoms with E-state index in [4.69, 9.17) is 5.73 Å². The molecule has 7 nitrogen and oxygen atoms in total. The summed E-state index contributed by atoms with van der Waals surface area (Å²) in [5, 5.41) is 7.68. The van der Waals surface area contributed by atoms with Crippen LogP contribution in [-0.4, -0.2) is 44.7 Å². The summed E-state index contributed by atoms with van der Waals surface area (Å²) >= 11 is 0. The van der Waals surface area contributed by atoms with E-state index in [2.05, 4.69) is 36.2 Å². The Balaban J connectivity index is 1.74. The average molecular weight is 375 g/mol. The fraction of sp³-hybridized carbons (Fsp3) is 0.750. The third-order valence-electron chi connectivity index (χ3n) is 5.67. The van der Waals surface area contributed by atoms with E-state index in [0.29, 0.717) is 25.0 Å². The van der Waals surface area contributed by atoms with Gasteiger partial charge in [0.1, 0.15) is 0 Å². The molecule has 2 aliphatic rings. The summed E-state index contributed by atoms with van der Waals surface area (Å²) < 4.78 is 1.79. The molecule has 3 rings (SSSR count). The minimum atomic E-state index is -0.248. The van der Waals surface area contributed by atoms with E-state index >= 15 is 0 Å². The van der Waals surface area contributed by atoms with Crippen LogP contribution in [0, 0.1) is 5.92 Å². The Hall–Kier alpha value is -2.05. The second-order valence-electron chi connectivity index (χ2n) is 9.00. The topological polar surface area (TPSA) is 88.5 Å². The standard InChI is InChI=1S/C20H34N6O/c1-20(2,3)26-17(27)10-14(18(26)15-12-23-25(4)13-15)11-22-19(21)24-16-8-6-5-7-9-16/h12-14,16,18H,5-11H2,1-4H3,(H3,21,22,24)/t14-,18+/m0/s1. The zero-order valence-electron chi connectivity index (χ0n) is 17.1. The number of aliphatic imine (C=N–C) groups is 1. The predicted molar refractivity (Wildman–Crippen MR) is 107 cm³/mol. The zero-order valence-corrected chi connectivity index (χ0v) is 17.1. The highest BCUT2D eigenvalue weighted by atomic mass is 16.2. The lowest BCUT2D eigenvalue weighted by Gasteiger charge is -2.38. The first kappa shape index (κ1) is 19.7. The maximum absolute atomic E-state index is 12.8. The third kappa shape index (κ3) is 4.62. The van der Waals surface area contributed by atoms with Crippen LogP contribution in [-0.2, 0) is 11.8 Å². The Morgan fingerprint density at radius 2 is 2.04 bits per heavy atom. The summed E-state index contributed by atoms with van der Waals surface area (Å²) in [7, 11) is 1.90. The molecule has 1 amide bonds. The van der Waals surface area contributed by atoms with Gasteiger partial charge in [0.25, 0.3) is 0 Å². The van der Waals surface area contributed by atoms with E-state index in [1.54, 1.807) is 4.68 Å². The van der Waals surface area contributed by atoms with Gasteiger partial charge >= 0.3 is 0 Å². The van der Waals surface area contributed by atoms with Crippen LogP contribution in [0.15, 0.2) is 17.4 Å². The Morgan fingerprint density at radius 1 is 1.33 bits per heavy atom. The van der Waals surface area contributed by atoms with Gasteiger partial charge in [-0.25, -0.2) is 0 Å². The minimum absolute atomic E-state index is 0.0163. The monoisotopic (exact) mass is 374 g/mol. The van der Waals surface area contributed by atoms with E-state index in [-0.39, 0.29) is 23.4 Å². The molecule has 2 fully saturated rings. The van der Waals surface area contributed by atoms with Crippen molar-refractivity contribution in [2.75, 3.05) is 6.54 Å². The van der Waals surface area contributed by atoms with Crippen molar-refractivity contribution in [1.29, 1.82) is 0 Å². The van der Waals surface area contributed by atoms with Gasteiger partial charge < -0.3 is 16.0 Å². The van der Waals surface area contributed by atoms with E-state index in [9.17, 15) is 4.79 Å². The van der Waals surface area contributed by atoms with Crippen molar-refractivity contribution in [3.63, 3.8) is 0 Å². The number of nitrogens with two attached hydrogens (primary N) is 1. The molecule has 1 saturated carbocycles. The van der Waals surface area contributed by atoms with Gasteiger partial charge in [-0.15, -0.1) is 0 Å². The molecule has 0 spiro atoms. The maximum Gasteiger partial charge on any atom is 0.223 e. The molecular weight excluding hydrogens is 340 g/mol. The van der Waals surface area contributed by atoms with Gasteiger partial charge in [0.2, 0.25) is 5.91 Å². The summed E-state index contributed by atoms with van der Waals surface area (Å²) in [4.78, 5) is 19.4. The number of aromatic nitrogens is 2. The number of amides is 1. The first-order chi connectivity index (χ1) is 12.8. The molecule has 2 heterocycles. The smallest absolute Gasteiger partial charge is 0.223 e. The number of likely N-dealkylation sites (tertiary alicyclic amines) is 1. The molecule has 2 atom stereocenters. The number of rotatable bonds is 4. The largest absolute Gasteiger partial charge is 0.370 e. The molecule has 0 unspecified atom stereocenters. The second kappa shape index (κ2) is 7.90. The number of carbonyl (C=O) groups is 1. The Kier molecular flexibility index (Phi) is 5.77. The lowest BCUT2D eigenvalue weighted by atomic mass is 9.93. The van der Waals surface area contributed by atoms with Gasteiger partial charge in [-0.1, -0.05) is 19.3 Å². The van der Waals surface area contributed by atoms with Crippen molar-refractivity contribution in [3.05, 3.63) is 18.0 Å². The molecule has 3 N–H and O–H groups in total. The highest BCUT2D eigenvalue weighted by Gasteiger charge is 2.45. The van der Waals surface area contributed by atoms with Crippen LogP contribution >= 0.6 is 0 Å². The molecule has 0 radical (unpaired) electrons. The summed E-state index contributed by atoms with van der Waals surface area (Å²) in [6.45, 7) is 6.79. The van der Waals surface area contributed by atoms with Crippen molar-refractivity contribution in [2.45, 2.75) is 76.9 Å². The fourth-order valence-corrected chi connectivity index (χ4v) is 4.49. The third-order valence-corrected chi connectivity index (χ3v) is 5.67. The number of nitrogens with one attached hydrogen (secondary N) is 1. The molecule has 27 heavy (non-hydrogen) atoms. The van der Waals surface area contributed by atoms with E-state index in [1.165, 1.54) is 19.3 Å². The Bertz CT molecular complexity index is 683. The van der Waals surface area contributed by atoms with E-state index < -0.39 is 0 Å². The second-order valence-corrected chi connectivity index (χ2v) is 9.00. The van der Waals surface area contributed by atoms with Gasteiger partial charge in [0.15, 0.2) is 5.96 Å². The van der Waals surface area contributed by atoms with Gasteiger partial charge in [0.05, 0.1) is 12.2 Å². The normalized spacial score (nSPS) is 25.3. The summed E-state index contributed by atoms with van der Waals surface area (Å²) in [5.74, 6) is 0.788. The van der Waals surface area contributed by atoms with Crippen LogP contribution in [0.2, 0.25) is 0 Å². The Morgan fingerprint density at radius 3 is 2.63 bits per heavy atom. The van der Waals surface area contributed by atoms with Crippen molar-refractivity contribution >= 4 is 11.9 Å². The molecule has 1 aliphatic carbocycles. The van der Waals surface area contributed by atoms with Gasteiger partial charge in [-0.2, -0.15) is 5.10 Å².